The molecule has 2 heterocycles. The van der Waals surface area contributed by atoms with Gasteiger partial charge in [0.1, 0.15) is 23.1 Å². The molecule has 0 bridgehead atoms. The normalized spacial score (nSPS) is 14.8. The highest BCUT2D eigenvalue weighted by molar-refractivity contribution is 6.32. The van der Waals surface area contributed by atoms with Crippen LogP contribution in [0.2, 0.25) is 5.02 Å². The van der Waals surface area contributed by atoms with Crippen LogP contribution in [0.4, 0.5) is 0 Å². The number of hydrogen-bond acceptors (Lipinski definition) is 5. The summed E-state index contributed by atoms with van der Waals surface area (Å²) >= 11 is 6.42. The fourth-order valence-electron chi connectivity index (χ4n) is 4.43. The largest absolute Gasteiger partial charge is 0.495 e. The molecule has 0 unspecified atom stereocenters. The summed E-state index contributed by atoms with van der Waals surface area (Å²) in [5.41, 5.74) is 3.45. The number of rotatable bonds is 9. The lowest BCUT2D eigenvalue weighted by Gasteiger charge is -2.27. The third kappa shape index (κ3) is 5.41. The van der Waals surface area contributed by atoms with Gasteiger partial charge in [-0.1, -0.05) is 56.0 Å². The van der Waals surface area contributed by atoms with Gasteiger partial charge in [0.25, 0.3) is 11.8 Å². The average molecular weight is 529 g/mol. The predicted octanol–water partition coefficient (Wildman–Crippen LogP) is 6.37. The second-order valence-corrected chi connectivity index (χ2v) is 9.46. The number of nitriles is 1. The molecule has 1 aromatic heterocycles. The molecular formula is C30H29ClN4O3. The summed E-state index contributed by atoms with van der Waals surface area (Å²) < 4.78 is 7.02. The molecule has 4 rings (SSSR count). The first-order valence-electron chi connectivity index (χ1n) is 12.6. The molecule has 0 fully saturated rings. The number of ether oxygens (including phenoxy) is 1. The van der Waals surface area contributed by atoms with Crippen LogP contribution < -0.4 is 4.74 Å². The van der Waals surface area contributed by atoms with Crippen molar-refractivity contribution in [2.45, 2.75) is 39.5 Å². The first-order chi connectivity index (χ1) is 18.4. The third-order valence-corrected chi connectivity index (χ3v) is 6.84. The SMILES string of the molecule is CCCCCCN1C(=O)C(C#N)=C(C)/C(=C\c2cn(-c3ccccc3)nc2-c2ccc(OC)c(Cl)c2)C1=O. The molecule has 0 saturated carbocycles. The third-order valence-electron chi connectivity index (χ3n) is 6.55. The van der Waals surface area contributed by atoms with Crippen LogP contribution in [0, 0.1) is 11.3 Å². The van der Waals surface area contributed by atoms with Gasteiger partial charge in [-0.2, -0.15) is 10.4 Å². The van der Waals surface area contributed by atoms with Crippen molar-refractivity contribution in [1.82, 2.24) is 14.7 Å². The van der Waals surface area contributed by atoms with Gasteiger partial charge in [0.2, 0.25) is 0 Å². The van der Waals surface area contributed by atoms with Crippen molar-refractivity contribution in [3.8, 4) is 28.8 Å². The minimum absolute atomic E-state index is 0.0177. The highest BCUT2D eigenvalue weighted by atomic mass is 35.5. The van der Waals surface area contributed by atoms with E-state index >= 15 is 0 Å². The van der Waals surface area contributed by atoms with E-state index in [-0.39, 0.29) is 12.1 Å². The Morgan fingerprint density at radius 3 is 2.50 bits per heavy atom. The number of nitrogens with zero attached hydrogens (tertiary/aromatic N) is 4. The van der Waals surface area contributed by atoms with Gasteiger partial charge in [0.15, 0.2) is 0 Å². The van der Waals surface area contributed by atoms with Crippen LogP contribution in [0.15, 0.2) is 71.4 Å². The maximum atomic E-state index is 13.6. The van der Waals surface area contributed by atoms with E-state index in [0.29, 0.717) is 39.6 Å². The topological polar surface area (TPSA) is 88.2 Å². The number of carbonyl (C=O) groups is 2. The van der Waals surface area contributed by atoms with E-state index in [0.717, 1.165) is 30.5 Å². The lowest BCUT2D eigenvalue weighted by atomic mass is 9.93. The summed E-state index contributed by atoms with van der Waals surface area (Å²) in [7, 11) is 1.55. The maximum Gasteiger partial charge on any atom is 0.271 e. The Morgan fingerprint density at radius 1 is 1.08 bits per heavy atom. The molecule has 2 aromatic carbocycles. The number of benzene rings is 2. The van der Waals surface area contributed by atoms with E-state index in [1.54, 1.807) is 36.9 Å². The lowest BCUT2D eigenvalue weighted by Crippen LogP contribution is -2.43. The van der Waals surface area contributed by atoms with Crippen molar-refractivity contribution >= 4 is 29.5 Å². The fourth-order valence-corrected chi connectivity index (χ4v) is 4.69. The molecule has 8 heteroatoms. The minimum Gasteiger partial charge on any atom is -0.495 e. The van der Waals surface area contributed by atoms with Crippen LogP contribution in [0.3, 0.4) is 0 Å². The standard InChI is InChI=1S/C30H29ClN4O3/c1-4-5-6-10-15-34-29(36)24(20(2)25(18-32)30(34)37)16-22-19-35(23-11-8-7-9-12-23)33-28(22)21-13-14-27(38-3)26(31)17-21/h7-9,11-14,16-17,19H,4-6,10,15H2,1-3H3/b24-16+. The van der Waals surface area contributed by atoms with Gasteiger partial charge in [0.05, 0.1) is 17.8 Å². The average Bonchev–Trinajstić information content (AvgIpc) is 3.35. The summed E-state index contributed by atoms with van der Waals surface area (Å²) in [6.45, 7) is 4.01. The quantitative estimate of drug-likeness (QED) is 0.183. The molecule has 7 nitrogen and oxygen atoms in total. The van der Waals surface area contributed by atoms with Crippen molar-refractivity contribution in [3.05, 3.63) is 82.0 Å². The minimum atomic E-state index is -0.536. The van der Waals surface area contributed by atoms with Gasteiger partial charge in [-0.05, 0) is 55.3 Å². The Hall–Kier alpha value is -4.15. The smallest absolute Gasteiger partial charge is 0.271 e. The van der Waals surface area contributed by atoms with Crippen LogP contribution in [0.25, 0.3) is 23.0 Å². The summed E-state index contributed by atoms with van der Waals surface area (Å²) in [5.74, 6) is -0.407. The fraction of sp³-hybridized carbons (Fsp3) is 0.267. The first kappa shape index (κ1) is 26.9. The molecule has 0 radical (unpaired) electrons. The number of aromatic nitrogens is 2. The van der Waals surface area contributed by atoms with Gasteiger partial charge in [-0.25, -0.2) is 4.68 Å². The Labute approximate surface area is 227 Å². The molecule has 0 atom stereocenters. The predicted molar refractivity (Wildman–Crippen MR) is 148 cm³/mol. The van der Waals surface area contributed by atoms with E-state index in [9.17, 15) is 14.9 Å². The number of unbranched alkanes of at least 4 members (excludes halogenated alkanes) is 3. The molecule has 1 aliphatic rings. The van der Waals surface area contributed by atoms with Crippen LogP contribution in [0.1, 0.15) is 45.1 Å². The second kappa shape index (κ2) is 11.9. The van der Waals surface area contributed by atoms with Crippen LogP contribution >= 0.6 is 11.6 Å². The number of carbonyl (C=O) groups excluding carboxylic acids is 2. The number of imide groups is 1. The van der Waals surface area contributed by atoms with Gasteiger partial charge in [0, 0.05) is 29.4 Å². The van der Waals surface area contributed by atoms with Crippen molar-refractivity contribution in [2.24, 2.45) is 0 Å². The number of halogens is 1. The van der Waals surface area contributed by atoms with Crippen LogP contribution in [-0.4, -0.2) is 40.1 Å². The molecule has 3 aromatic rings. The summed E-state index contributed by atoms with van der Waals surface area (Å²) in [6.07, 6.45) is 7.19. The number of para-hydroxylation sites is 1. The number of amides is 2. The zero-order chi connectivity index (χ0) is 27.2. The van der Waals surface area contributed by atoms with E-state index in [4.69, 9.17) is 21.4 Å². The summed E-state index contributed by atoms with van der Waals surface area (Å²) in [6, 6.07) is 17.0. The molecule has 0 spiro atoms. The number of methoxy groups -OCH3 is 1. The van der Waals surface area contributed by atoms with Gasteiger partial charge in [-0.15, -0.1) is 0 Å². The van der Waals surface area contributed by atoms with E-state index in [1.807, 2.05) is 48.7 Å². The summed E-state index contributed by atoms with van der Waals surface area (Å²) in [5, 5.41) is 15.0. The zero-order valence-electron chi connectivity index (χ0n) is 21.7. The zero-order valence-corrected chi connectivity index (χ0v) is 22.5. The van der Waals surface area contributed by atoms with Crippen LogP contribution in [0.5, 0.6) is 5.75 Å². The monoisotopic (exact) mass is 528 g/mol. The highest BCUT2D eigenvalue weighted by Crippen LogP contribution is 2.34. The molecule has 38 heavy (non-hydrogen) atoms. The summed E-state index contributed by atoms with van der Waals surface area (Å²) in [4.78, 5) is 27.7. The van der Waals surface area contributed by atoms with E-state index < -0.39 is 11.8 Å². The molecule has 194 valence electrons. The molecular weight excluding hydrogens is 500 g/mol. The van der Waals surface area contributed by atoms with Crippen molar-refractivity contribution in [2.75, 3.05) is 13.7 Å². The van der Waals surface area contributed by atoms with Gasteiger partial charge in [-0.3, -0.25) is 14.5 Å². The Morgan fingerprint density at radius 2 is 1.84 bits per heavy atom. The molecule has 1 aliphatic heterocycles. The highest BCUT2D eigenvalue weighted by Gasteiger charge is 2.35. The number of hydrogen-bond donors (Lipinski definition) is 0. The molecule has 0 aliphatic carbocycles. The van der Waals surface area contributed by atoms with Gasteiger partial charge < -0.3 is 4.74 Å². The first-order valence-corrected chi connectivity index (χ1v) is 13.0. The lowest BCUT2D eigenvalue weighted by molar-refractivity contribution is -0.140. The Kier molecular flexibility index (Phi) is 8.45. The van der Waals surface area contributed by atoms with Crippen molar-refractivity contribution in [1.29, 1.82) is 5.26 Å². The molecule has 0 N–H and O–H groups in total. The Bertz CT molecular complexity index is 1460. The van der Waals surface area contributed by atoms with Gasteiger partial charge >= 0.3 is 0 Å². The van der Waals surface area contributed by atoms with Crippen molar-refractivity contribution < 1.29 is 14.3 Å². The molecule has 0 saturated heterocycles. The van der Waals surface area contributed by atoms with E-state index in [1.165, 1.54) is 4.90 Å². The van der Waals surface area contributed by atoms with E-state index in [2.05, 4.69) is 6.92 Å². The molecule has 2 amide bonds. The second-order valence-electron chi connectivity index (χ2n) is 9.05. The Balaban J connectivity index is 1.84. The van der Waals surface area contributed by atoms with Crippen molar-refractivity contribution in [3.63, 3.8) is 0 Å². The van der Waals surface area contributed by atoms with Crippen LogP contribution in [-0.2, 0) is 9.59 Å². The maximum absolute atomic E-state index is 13.6.